The number of nitrogens with one attached hydrogen (secondary N) is 1. The summed E-state index contributed by atoms with van der Waals surface area (Å²) in [4.78, 5) is 25.7. The summed E-state index contributed by atoms with van der Waals surface area (Å²) in [6.45, 7) is 5.42. The molecule has 0 unspecified atom stereocenters. The molecule has 0 aromatic heterocycles. The van der Waals surface area contributed by atoms with Crippen molar-refractivity contribution in [3.05, 3.63) is 35.9 Å². The highest BCUT2D eigenvalue weighted by Crippen LogP contribution is 2.17. The van der Waals surface area contributed by atoms with Gasteiger partial charge in [-0.1, -0.05) is 30.3 Å². The van der Waals surface area contributed by atoms with E-state index in [1.165, 1.54) is 0 Å². The van der Waals surface area contributed by atoms with Crippen molar-refractivity contribution in [2.45, 2.75) is 64.6 Å². The van der Waals surface area contributed by atoms with Gasteiger partial charge in [0.15, 0.2) is 0 Å². The van der Waals surface area contributed by atoms with Gasteiger partial charge < -0.3 is 15.0 Å². The minimum Gasteiger partial charge on any atom is -0.378 e. The van der Waals surface area contributed by atoms with E-state index in [0.29, 0.717) is 25.6 Å². The molecule has 1 aromatic rings. The molecule has 1 N–H and O–H groups in total. The fourth-order valence-corrected chi connectivity index (χ4v) is 3.12. The van der Waals surface area contributed by atoms with Crippen molar-refractivity contribution < 1.29 is 14.3 Å². The minimum absolute atomic E-state index is 0.000785. The number of hydrogen-bond donors (Lipinski definition) is 1. The second-order valence-electron chi connectivity index (χ2n) is 6.86. The SMILES string of the molecule is CC(=O)N(CCC(=O)N[C@@H](C)CC[C@H]1CCCO1)Cc1ccccc1. The molecule has 0 saturated carbocycles. The smallest absolute Gasteiger partial charge is 0.221 e. The van der Waals surface area contributed by atoms with Gasteiger partial charge in [-0.05, 0) is 38.2 Å². The predicted molar refractivity (Wildman–Crippen MR) is 98.0 cm³/mol. The van der Waals surface area contributed by atoms with Crippen LogP contribution in [0.15, 0.2) is 30.3 Å². The summed E-state index contributed by atoms with van der Waals surface area (Å²) in [7, 11) is 0. The Kier molecular flexibility index (Phi) is 7.92. The molecule has 1 saturated heterocycles. The third kappa shape index (κ3) is 7.26. The number of benzene rings is 1. The minimum atomic E-state index is -0.0110. The van der Waals surface area contributed by atoms with Crippen LogP contribution in [0.25, 0.3) is 0 Å². The highest BCUT2D eigenvalue weighted by molar-refractivity contribution is 5.78. The fraction of sp³-hybridized carbons (Fsp3) is 0.600. The normalized spacial score (nSPS) is 17.9. The first-order valence-electron chi connectivity index (χ1n) is 9.25. The van der Waals surface area contributed by atoms with E-state index in [9.17, 15) is 9.59 Å². The van der Waals surface area contributed by atoms with Gasteiger partial charge in [0.05, 0.1) is 6.10 Å². The Hall–Kier alpha value is -1.88. The predicted octanol–water partition coefficient (Wildman–Crippen LogP) is 2.89. The average molecular weight is 346 g/mol. The first-order chi connectivity index (χ1) is 12.0. The van der Waals surface area contributed by atoms with Crippen LogP contribution in [0.4, 0.5) is 0 Å². The Labute approximate surface area is 150 Å². The van der Waals surface area contributed by atoms with Crippen LogP contribution in [-0.4, -0.2) is 42.0 Å². The fourth-order valence-electron chi connectivity index (χ4n) is 3.12. The van der Waals surface area contributed by atoms with Crippen molar-refractivity contribution in [3.63, 3.8) is 0 Å². The van der Waals surface area contributed by atoms with E-state index in [0.717, 1.165) is 37.9 Å². The second kappa shape index (κ2) is 10.2. The van der Waals surface area contributed by atoms with Crippen molar-refractivity contribution >= 4 is 11.8 Å². The quantitative estimate of drug-likeness (QED) is 0.748. The lowest BCUT2D eigenvalue weighted by molar-refractivity contribution is -0.130. The lowest BCUT2D eigenvalue weighted by atomic mass is 10.1. The molecule has 0 radical (unpaired) electrons. The van der Waals surface area contributed by atoms with Gasteiger partial charge in [0.25, 0.3) is 0 Å². The second-order valence-corrected chi connectivity index (χ2v) is 6.86. The molecule has 0 spiro atoms. The number of carbonyl (C=O) groups excluding carboxylic acids is 2. The van der Waals surface area contributed by atoms with Gasteiger partial charge in [-0.2, -0.15) is 0 Å². The topological polar surface area (TPSA) is 58.6 Å². The molecule has 0 bridgehead atoms. The first kappa shape index (κ1) is 19.4. The van der Waals surface area contributed by atoms with Crippen LogP contribution in [0.1, 0.15) is 51.5 Å². The Morgan fingerprint density at radius 3 is 2.72 bits per heavy atom. The zero-order chi connectivity index (χ0) is 18.1. The van der Waals surface area contributed by atoms with Crippen LogP contribution in [0.2, 0.25) is 0 Å². The van der Waals surface area contributed by atoms with Gasteiger partial charge in [-0.25, -0.2) is 0 Å². The summed E-state index contributed by atoms with van der Waals surface area (Å²) in [6, 6.07) is 9.97. The molecule has 1 heterocycles. The monoisotopic (exact) mass is 346 g/mol. The lowest BCUT2D eigenvalue weighted by Crippen LogP contribution is -2.37. The summed E-state index contributed by atoms with van der Waals surface area (Å²) >= 11 is 0. The molecular formula is C20H30N2O3. The van der Waals surface area contributed by atoms with E-state index in [1.54, 1.807) is 11.8 Å². The third-order valence-electron chi connectivity index (χ3n) is 4.62. The van der Waals surface area contributed by atoms with Crippen LogP contribution in [0.5, 0.6) is 0 Å². The maximum absolute atomic E-state index is 12.1. The molecule has 2 atom stereocenters. The molecule has 1 aromatic carbocycles. The number of amides is 2. The third-order valence-corrected chi connectivity index (χ3v) is 4.62. The molecule has 2 amide bonds. The molecule has 138 valence electrons. The zero-order valence-corrected chi connectivity index (χ0v) is 15.4. The van der Waals surface area contributed by atoms with Crippen molar-refractivity contribution in [2.75, 3.05) is 13.2 Å². The summed E-state index contributed by atoms with van der Waals surface area (Å²) in [5.74, 6) is -0.0118. The maximum Gasteiger partial charge on any atom is 0.221 e. The number of nitrogens with zero attached hydrogens (tertiary/aromatic N) is 1. The summed E-state index contributed by atoms with van der Waals surface area (Å²) in [5.41, 5.74) is 1.07. The Bertz CT molecular complexity index is 541. The van der Waals surface area contributed by atoms with E-state index in [4.69, 9.17) is 4.74 Å². The Morgan fingerprint density at radius 1 is 1.32 bits per heavy atom. The van der Waals surface area contributed by atoms with Gasteiger partial charge >= 0.3 is 0 Å². The number of carbonyl (C=O) groups is 2. The standard InChI is InChI=1S/C20H30N2O3/c1-16(10-11-19-9-6-14-25-19)21-20(24)12-13-22(17(2)23)15-18-7-4-3-5-8-18/h3-5,7-8,16,19H,6,9-15H2,1-2H3,(H,21,24)/t16-,19+/m0/s1. The van der Waals surface area contributed by atoms with Crippen molar-refractivity contribution in [2.24, 2.45) is 0 Å². The molecule has 25 heavy (non-hydrogen) atoms. The zero-order valence-electron chi connectivity index (χ0n) is 15.4. The van der Waals surface area contributed by atoms with E-state index >= 15 is 0 Å². The van der Waals surface area contributed by atoms with Crippen LogP contribution in [0, 0.1) is 0 Å². The Morgan fingerprint density at radius 2 is 2.08 bits per heavy atom. The van der Waals surface area contributed by atoms with E-state index in [1.807, 2.05) is 37.3 Å². The number of rotatable bonds is 9. The van der Waals surface area contributed by atoms with E-state index in [-0.39, 0.29) is 17.9 Å². The van der Waals surface area contributed by atoms with Crippen molar-refractivity contribution in [1.29, 1.82) is 0 Å². The summed E-state index contributed by atoms with van der Waals surface area (Å²) in [6.07, 6.45) is 4.89. The Balaban J connectivity index is 1.69. The molecule has 1 aliphatic heterocycles. The van der Waals surface area contributed by atoms with Gasteiger partial charge in [-0.3, -0.25) is 9.59 Å². The molecule has 2 rings (SSSR count). The molecule has 5 nitrogen and oxygen atoms in total. The first-order valence-corrected chi connectivity index (χ1v) is 9.25. The van der Waals surface area contributed by atoms with E-state index in [2.05, 4.69) is 5.32 Å². The van der Waals surface area contributed by atoms with Gasteiger partial charge in [0.1, 0.15) is 0 Å². The van der Waals surface area contributed by atoms with Gasteiger partial charge in [0, 0.05) is 39.1 Å². The highest BCUT2D eigenvalue weighted by atomic mass is 16.5. The van der Waals surface area contributed by atoms with Crippen LogP contribution >= 0.6 is 0 Å². The number of ether oxygens (including phenoxy) is 1. The molecule has 1 aliphatic rings. The maximum atomic E-state index is 12.1. The highest BCUT2D eigenvalue weighted by Gasteiger charge is 2.17. The van der Waals surface area contributed by atoms with Gasteiger partial charge in [0.2, 0.25) is 11.8 Å². The molecule has 1 fully saturated rings. The average Bonchev–Trinajstić information content (AvgIpc) is 3.11. The van der Waals surface area contributed by atoms with Crippen LogP contribution in [0.3, 0.4) is 0 Å². The number of hydrogen-bond acceptors (Lipinski definition) is 3. The largest absolute Gasteiger partial charge is 0.378 e. The molecular weight excluding hydrogens is 316 g/mol. The summed E-state index contributed by atoms with van der Waals surface area (Å²) in [5, 5.41) is 3.03. The van der Waals surface area contributed by atoms with Crippen molar-refractivity contribution in [1.82, 2.24) is 10.2 Å². The van der Waals surface area contributed by atoms with Gasteiger partial charge in [-0.15, -0.1) is 0 Å². The van der Waals surface area contributed by atoms with E-state index < -0.39 is 0 Å². The van der Waals surface area contributed by atoms with Crippen LogP contribution < -0.4 is 5.32 Å². The molecule has 5 heteroatoms. The summed E-state index contributed by atoms with van der Waals surface area (Å²) < 4.78 is 5.61. The lowest BCUT2D eigenvalue weighted by Gasteiger charge is -2.22. The van der Waals surface area contributed by atoms with Crippen LogP contribution in [-0.2, 0) is 20.9 Å². The molecule has 0 aliphatic carbocycles. The van der Waals surface area contributed by atoms with Crippen molar-refractivity contribution in [3.8, 4) is 0 Å².